The van der Waals surface area contributed by atoms with Crippen molar-refractivity contribution >= 4 is 35.1 Å². The summed E-state index contributed by atoms with van der Waals surface area (Å²) < 4.78 is 15.2. The molecule has 1 N–H and O–H groups in total. The summed E-state index contributed by atoms with van der Waals surface area (Å²) in [4.78, 5) is 22.2. The molecule has 8 nitrogen and oxygen atoms in total. The van der Waals surface area contributed by atoms with E-state index in [-0.39, 0.29) is 17.6 Å². The van der Waals surface area contributed by atoms with Crippen LogP contribution in [0.5, 0.6) is 11.5 Å². The maximum absolute atomic E-state index is 12.9. The average Bonchev–Trinajstić information content (AvgIpc) is 3.49. The van der Waals surface area contributed by atoms with Crippen molar-refractivity contribution in [1.29, 1.82) is 5.26 Å². The molecule has 0 saturated heterocycles. The molecule has 5 rings (SSSR count). The van der Waals surface area contributed by atoms with E-state index in [1.807, 2.05) is 67.6 Å². The molecule has 10 heteroatoms. The molecule has 0 saturated carbocycles. The van der Waals surface area contributed by atoms with Crippen LogP contribution in [-0.2, 0) is 4.79 Å². The number of aromatic nitrogens is 3. The fourth-order valence-corrected chi connectivity index (χ4v) is 5.71. The summed E-state index contributed by atoms with van der Waals surface area (Å²) in [5, 5.41) is 14.2. The number of carbonyl (C=O) groups excluding carboxylic acids is 1. The van der Waals surface area contributed by atoms with Gasteiger partial charge in [0.05, 0.1) is 31.2 Å². The Morgan fingerprint density at radius 3 is 2.38 bits per heavy atom. The van der Waals surface area contributed by atoms with Crippen molar-refractivity contribution in [2.75, 3.05) is 25.3 Å². The number of pyridine rings is 1. The first-order chi connectivity index (χ1) is 20.4. The van der Waals surface area contributed by atoms with Crippen molar-refractivity contribution in [3.8, 4) is 50.5 Å². The van der Waals surface area contributed by atoms with Crippen LogP contribution in [0.3, 0.4) is 0 Å². The summed E-state index contributed by atoms with van der Waals surface area (Å²) in [6.07, 6.45) is 0. The van der Waals surface area contributed by atoms with Gasteiger partial charge in [0, 0.05) is 16.7 Å². The zero-order valence-corrected chi connectivity index (χ0v) is 25.1. The van der Waals surface area contributed by atoms with Gasteiger partial charge in [-0.05, 0) is 66.3 Å². The summed E-state index contributed by atoms with van der Waals surface area (Å²) in [5.41, 5.74) is 6.65. The molecule has 2 aromatic heterocycles. The number of amides is 1. The van der Waals surface area contributed by atoms with E-state index in [2.05, 4.69) is 33.7 Å². The number of nitrogens with zero attached hydrogens (tertiary/aromatic N) is 4. The first kappa shape index (κ1) is 28.8. The minimum Gasteiger partial charge on any atom is -0.493 e. The molecule has 0 unspecified atom stereocenters. The lowest BCUT2D eigenvalue weighted by atomic mass is 9.97. The molecule has 0 bridgehead atoms. The van der Waals surface area contributed by atoms with Crippen LogP contribution in [0.15, 0.2) is 77.8 Å². The van der Waals surface area contributed by atoms with Gasteiger partial charge in [-0.3, -0.25) is 10.1 Å². The molecule has 0 aliphatic carbocycles. The first-order valence-electron chi connectivity index (χ1n) is 13.0. The minimum atomic E-state index is -0.299. The topological polar surface area (TPSA) is 110 Å². The van der Waals surface area contributed by atoms with Crippen LogP contribution in [0, 0.1) is 25.2 Å². The number of aryl methyl sites for hydroxylation is 2. The quantitative estimate of drug-likeness (QED) is 0.179. The molecule has 2 heterocycles. The number of hydrogen-bond donors (Lipinski definition) is 1. The van der Waals surface area contributed by atoms with Gasteiger partial charge in [0.25, 0.3) is 0 Å². The molecule has 0 aliphatic heterocycles. The van der Waals surface area contributed by atoms with Gasteiger partial charge < -0.3 is 9.47 Å². The highest BCUT2D eigenvalue weighted by Crippen LogP contribution is 2.38. The summed E-state index contributed by atoms with van der Waals surface area (Å²) in [6, 6.07) is 25.5. The Hall–Kier alpha value is -4.72. The number of carbonyl (C=O) groups is 1. The van der Waals surface area contributed by atoms with E-state index in [1.54, 1.807) is 20.3 Å². The van der Waals surface area contributed by atoms with E-state index >= 15 is 0 Å². The van der Waals surface area contributed by atoms with Crippen LogP contribution in [0.2, 0.25) is 0 Å². The van der Waals surface area contributed by atoms with Crippen molar-refractivity contribution in [2.45, 2.75) is 18.9 Å². The number of thioether (sulfide) groups is 1. The highest BCUT2D eigenvalue weighted by Gasteiger charge is 2.19. The number of hydrogen-bond acceptors (Lipinski definition) is 9. The third-order valence-electron chi connectivity index (χ3n) is 6.63. The lowest BCUT2D eigenvalue weighted by molar-refractivity contribution is -0.113. The zero-order chi connectivity index (χ0) is 29.6. The van der Waals surface area contributed by atoms with E-state index in [1.165, 1.54) is 28.9 Å². The lowest BCUT2D eigenvalue weighted by Crippen LogP contribution is -2.15. The summed E-state index contributed by atoms with van der Waals surface area (Å²) in [7, 11) is 3.14. The molecule has 0 spiro atoms. The Balaban J connectivity index is 1.47. The smallest absolute Gasteiger partial charge is 0.241 e. The van der Waals surface area contributed by atoms with E-state index in [0.717, 1.165) is 22.3 Å². The minimum absolute atomic E-state index is 0.0172. The van der Waals surface area contributed by atoms with Crippen LogP contribution in [-0.4, -0.2) is 40.2 Å². The Morgan fingerprint density at radius 1 is 0.905 bits per heavy atom. The fourth-order valence-electron chi connectivity index (χ4n) is 4.28. The van der Waals surface area contributed by atoms with E-state index in [0.29, 0.717) is 38.4 Å². The van der Waals surface area contributed by atoms with Crippen molar-refractivity contribution in [1.82, 2.24) is 14.3 Å². The highest BCUT2D eigenvalue weighted by atomic mass is 32.2. The molecular weight excluding hydrogens is 567 g/mol. The maximum atomic E-state index is 12.9. The number of methoxy groups -OCH3 is 2. The summed E-state index contributed by atoms with van der Waals surface area (Å²) in [5.74, 6) is 1.09. The number of rotatable bonds is 9. The molecule has 0 fully saturated rings. The molecular formula is C32H27N5O3S2. The Kier molecular flexibility index (Phi) is 8.81. The Bertz CT molecular complexity index is 1800. The van der Waals surface area contributed by atoms with Crippen LogP contribution in [0.25, 0.3) is 33.0 Å². The summed E-state index contributed by atoms with van der Waals surface area (Å²) >= 11 is 2.41. The molecule has 5 aromatic rings. The predicted molar refractivity (Wildman–Crippen MR) is 167 cm³/mol. The highest BCUT2D eigenvalue weighted by molar-refractivity contribution is 8.00. The third-order valence-corrected chi connectivity index (χ3v) is 8.37. The number of anilines is 1. The number of benzene rings is 3. The van der Waals surface area contributed by atoms with Gasteiger partial charge in [0.1, 0.15) is 16.1 Å². The van der Waals surface area contributed by atoms with Gasteiger partial charge >= 0.3 is 0 Å². The summed E-state index contributed by atoms with van der Waals surface area (Å²) in [6.45, 7) is 4.10. The second kappa shape index (κ2) is 12.9. The standard InChI is InChI=1S/C32H27N5O3S2/c1-19-10-11-23(14-20(19)2)26-16-24(22-12-13-27(39-3)28(15-22)40-4)25(17-33)31(34-26)41-18-29(38)35-32-36-30(42-37-32)21-8-6-5-7-9-21/h5-16H,18H2,1-4H3,(H,35,37,38). The SMILES string of the molecule is COc1ccc(-c2cc(-c3ccc(C)c(C)c3)nc(SCC(=O)Nc3nsc(-c4ccccc4)n3)c2C#N)cc1OC. The fraction of sp³-hybridized carbons (Fsp3) is 0.156. The van der Waals surface area contributed by atoms with Crippen LogP contribution in [0.4, 0.5) is 5.95 Å². The number of nitrogens with one attached hydrogen (secondary N) is 1. The molecule has 42 heavy (non-hydrogen) atoms. The monoisotopic (exact) mass is 593 g/mol. The van der Waals surface area contributed by atoms with Crippen LogP contribution >= 0.6 is 23.3 Å². The van der Waals surface area contributed by atoms with Crippen LogP contribution < -0.4 is 14.8 Å². The van der Waals surface area contributed by atoms with Gasteiger partial charge in [-0.15, -0.1) is 0 Å². The van der Waals surface area contributed by atoms with E-state index in [9.17, 15) is 10.1 Å². The molecule has 210 valence electrons. The van der Waals surface area contributed by atoms with E-state index in [4.69, 9.17) is 14.5 Å². The molecule has 1 amide bonds. The predicted octanol–water partition coefficient (Wildman–Crippen LogP) is 7.17. The molecule has 0 radical (unpaired) electrons. The second-order valence-electron chi connectivity index (χ2n) is 9.34. The third kappa shape index (κ3) is 6.28. The maximum Gasteiger partial charge on any atom is 0.241 e. The zero-order valence-electron chi connectivity index (χ0n) is 23.5. The van der Waals surface area contributed by atoms with Gasteiger partial charge in [-0.1, -0.05) is 60.3 Å². The van der Waals surface area contributed by atoms with Crippen molar-refractivity contribution in [3.05, 3.63) is 89.5 Å². The lowest BCUT2D eigenvalue weighted by Gasteiger charge is -2.15. The molecule has 0 aliphatic rings. The average molecular weight is 594 g/mol. The Labute approximate surface area is 252 Å². The second-order valence-corrected chi connectivity index (χ2v) is 11.1. The van der Waals surface area contributed by atoms with Gasteiger partial charge in [0.15, 0.2) is 11.5 Å². The Morgan fingerprint density at radius 2 is 1.67 bits per heavy atom. The largest absolute Gasteiger partial charge is 0.493 e. The first-order valence-corrected chi connectivity index (χ1v) is 14.7. The van der Waals surface area contributed by atoms with Crippen LogP contribution in [0.1, 0.15) is 16.7 Å². The van der Waals surface area contributed by atoms with E-state index < -0.39 is 0 Å². The van der Waals surface area contributed by atoms with Crippen molar-refractivity contribution < 1.29 is 14.3 Å². The number of ether oxygens (including phenoxy) is 2. The van der Waals surface area contributed by atoms with Gasteiger partial charge in [0.2, 0.25) is 11.9 Å². The molecule has 3 aromatic carbocycles. The normalized spacial score (nSPS) is 10.6. The van der Waals surface area contributed by atoms with Crippen molar-refractivity contribution in [3.63, 3.8) is 0 Å². The number of nitriles is 1. The molecule has 0 atom stereocenters. The van der Waals surface area contributed by atoms with Gasteiger partial charge in [-0.2, -0.15) is 14.6 Å². The van der Waals surface area contributed by atoms with Crippen molar-refractivity contribution in [2.24, 2.45) is 0 Å². The van der Waals surface area contributed by atoms with Gasteiger partial charge in [-0.25, -0.2) is 4.98 Å².